The molecule has 24 heavy (non-hydrogen) atoms. The van der Waals surface area contributed by atoms with E-state index in [1.54, 1.807) is 0 Å². The molecule has 0 aliphatic carbocycles. The minimum Gasteiger partial charge on any atom is -0.272 e. The smallest absolute Gasteiger partial charge is 0.272 e. The molecule has 0 saturated carbocycles. The largest absolute Gasteiger partial charge is 0.301 e. The number of nitrogens with zero attached hydrogens (tertiary/aromatic N) is 3. The molecular weight excluding hydrogens is 312 g/mol. The number of non-ortho nitro benzene ring substituents is 1. The molecule has 0 bridgehead atoms. The highest BCUT2D eigenvalue weighted by atomic mass is 16.6. The lowest BCUT2D eigenvalue weighted by Gasteiger charge is -2.06. The Balaban J connectivity index is 2.22. The number of hydrogen-bond acceptors (Lipinski definition) is 6. The highest BCUT2D eigenvalue weighted by Crippen LogP contribution is 2.29. The first-order valence-electron chi connectivity index (χ1n) is 7.29. The van der Waals surface area contributed by atoms with Gasteiger partial charge in [0.15, 0.2) is 0 Å². The molecule has 0 radical (unpaired) electrons. The van der Waals surface area contributed by atoms with E-state index in [1.165, 1.54) is 12.1 Å². The maximum absolute atomic E-state index is 11.1. The van der Waals surface area contributed by atoms with Crippen LogP contribution in [0.25, 0.3) is 0 Å². The number of rotatable bonds is 7. The van der Waals surface area contributed by atoms with Gasteiger partial charge in [-0.3, -0.25) is 25.7 Å². The van der Waals surface area contributed by atoms with Crippen molar-refractivity contribution in [2.75, 3.05) is 5.43 Å². The third-order valence-corrected chi connectivity index (χ3v) is 3.38. The molecule has 2 aromatic carbocycles. The molecule has 2 aromatic rings. The Morgan fingerprint density at radius 3 is 2.38 bits per heavy atom. The van der Waals surface area contributed by atoms with Gasteiger partial charge in [-0.05, 0) is 18.1 Å². The van der Waals surface area contributed by atoms with E-state index in [9.17, 15) is 20.2 Å². The lowest BCUT2D eigenvalue weighted by Crippen LogP contribution is -2.06. The lowest BCUT2D eigenvalue weighted by molar-refractivity contribution is -0.393. The van der Waals surface area contributed by atoms with E-state index in [4.69, 9.17) is 0 Å². The molecular formula is C16H16N4O4. The van der Waals surface area contributed by atoms with Crippen LogP contribution in [0.1, 0.15) is 18.9 Å². The molecule has 0 amide bonds. The van der Waals surface area contributed by atoms with Gasteiger partial charge in [0, 0.05) is 18.2 Å². The Hall–Kier alpha value is -3.29. The molecule has 0 saturated heterocycles. The first-order chi connectivity index (χ1) is 11.5. The fraction of sp³-hybridized carbons (Fsp3) is 0.188. The highest BCUT2D eigenvalue weighted by Gasteiger charge is 2.19. The molecule has 1 N–H and O–H groups in total. The van der Waals surface area contributed by atoms with Gasteiger partial charge in [-0.15, -0.1) is 0 Å². The van der Waals surface area contributed by atoms with E-state index in [0.717, 1.165) is 17.3 Å². The maximum Gasteiger partial charge on any atom is 0.301 e. The number of anilines is 1. The van der Waals surface area contributed by atoms with Crippen molar-refractivity contribution in [1.29, 1.82) is 0 Å². The number of nitrogens with one attached hydrogen (secondary N) is 1. The van der Waals surface area contributed by atoms with Gasteiger partial charge in [0.25, 0.3) is 5.69 Å². The van der Waals surface area contributed by atoms with Crippen molar-refractivity contribution in [1.82, 2.24) is 0 Å². The van der Waals surface area contributed by atoms with Gasteiger partial charge in [-0.1, -0.05) is 37.3 Å². The SMILES string of the molecule is CC/C(Cc1ccccc1)=N\Nc1ccc([N+](=O)[O-])cc1[N+](=O)[O-]. The van der Waals surface area contributed by atoms with Gasteiger partial charge in [0.2, 0.25) is 0 Å². The second-order valence-electron chi connectivity index (χ2n) is 5.02. The number of nitro benzene ring substituents is 2. The minimum atomic E-state index is -0.674. The van der Waals surface area contributed by atoms with Crippen LogP contribution in [0.3, 0.4) is 0 Å². The molecule has 0 fully saturated rings. The van der Waals surface area contributed by atoms with Crippen LogP contribution in [0, 0.1) is 20.2 Å². The summed E-state index contributed by atoms with van der Waals surface area (Å²) in [5, 5.41) is 26.1. The molecule has 124 valence electrons. The number of benzene rings is 2. The van der Waals surface area contributed by atoms with Crippen molar-refractivity contribution in [2.24, 2.45) is 5.10 Å². The summed E-state index contributed by atoms with van der Waals surface area (Å²) < 4.78 is 0. The third-order valence-electron chi connectivity index (χ3n) is 3.38. The highest BCUT2D eigenvalue weighted by molar-refractivity contribution is 5.87. The average Bonchev–Trinajstić information content (AvgIpc) is 2.59. The molecule has 8 heteroatoms. The zero-order valence-electron chi connectivity index (χ0n) is 13.0. The first kappa shape index (κ1) is 17.1. The molecule has 0 aliphatic rings. The molecule has 2 rings (SSSR count). The Morgan fingerprint density at radius 1 is 1.08 bits per heavy atom. The van der Waals surface area contributed by atoms with E-state index in [2.05, 4.69) is 10.5 Å². The van der Waals surface area contributed by atoms with Gasteiger partial charge < -0.3 is 0 Å². The van der Waals surface area contributed by atoms with Crippen molar-refractivity contribution >= 4 is 22.8 Å². The summed E-state index contributed by atoms with van der Waals surface area (Å²) in [5.41, 5.74) is 3.94. The number of hydrazone groups is 1. The number of nitro groups is 2. The van der Waals surface area contributed by atoms with Crippen LogP contribution in [0.4, 0.5) is 17.1 Å². The average molecular weight is 328 g/mol. The third kappa shape index (κ3) is 4.35. The van der Waals surface area contributed by atoms with Gasteiger partial charge in [0.05, 0.1) is 15.9 Å². The topological polar surface area (TPSA) is 111 Å². The van der Waals surface area contributed by atoms with Crippen molar-refractivity contribution in [3.05, 3.63) is 74.3 Å². The molecule has 0 aromatic heterocycles. The summed E-state index contributed by atoms with van der Waals surface area (Å²) in [6, 6.07) is 13.1. The quantitative estimate of drug-likeness (QED) is 0.470. The molecule has 0 unspecified atom stereocenters. The van der Waals surface area contributed by atoms with E-state index in [-0.39, 0.29) is 17.1 Å². The summed E-state index contributed by atoms with van der Waals surface area (Å²) in [4.78, 5) is 20.5. The minimum absolute atomic E-state index is 0.115. The fourth-order valence-electron chi connectivity index (χ4n) is 2.09. The molecule has 0 atom stereocenters. The maximum atomic E-state index is 11.1. The van der Waals surface area contributed by atoms with Crippen LogP contribution in [-0.4, -0.2) is 15.6 Å². The van der Waals surface area contributed by atoms with Gasteiger partial charge in [0.1, 0.15) is 5.69 Å². The predicted molar refractivity (Wildman–Crippen MR) is 91.2 cm³/mol. The van der Waals surface area contributed by atoms with Crippen LogP contribution in [0.15, 0.2) is 53.6 Å². The van der Waals surface area contributed by atoms with Crippen LogP contribution in [-0.2, 0) is 6.42 Å². The van der Waals surface area contributed by atoms with Crippen LogP contribution < -0.4 is 5.43 Å². The first-order valence-corrected chi connectivity index (χ1v) is 7.29. The van der Waals surface area contributed by atoms with Crippen LogP contribution >= 0.6 is 0 Å². The van der Waals surface area contributed by atoms with Crippen molar-refractivity contribution < 1.29 is 9.85 Å². The number of hydrogen-bond donors (Lipinski definition) is 1. The summed E-state index contributed by atoms with van der Waals surface area (Å²) in [7, 11) is 0. The van der Waals surface area contributed by atoms with Gasteiger partial charge in [-0.2, -0.15) is 5.10 Å². The van der Waals surface area contributed by atoms with E-state index in [0.29, 0.717) is 12.8 Å². The Labute approximate surface area is 138 Å². The Morgan fingerprint density at radius 2 is 1.79 bits per heavy atom. The fourth-order valence-corrected chi connectivity index (χ4v) is 2.09. The Bertz CT molecular complexity index is 775. The summed E-state index contributed by atoms with van der Waals surface area (Å²) in [6.45, 7) is 1.94. The summed E-state index contributed by atoms with van der Waals surface area (Å²) in [5.74, 6) is 0. The molecule has 8 nitrogen and oxygen atoms in total. The van der Waals surface area contributed by atoms with Crippen molar-refractivity contribution in [2.45, 2.75) is 19.8 Å². The zero-order valence-corrected chi connectivity index (χ0v) is 13.0. The van der Waals surface area contributed by atoms with E-state index >= 15 is 0 Å². The molecule has 0 aliphatic heterocycles. The van der Waals surface area contributed by atoms with Crippen molar-refractivity contribution in [3.63, 3.8) is 0 Å². The van der Waals surface area contributed by atoms with E-state index < -0.39 is 9.85 Å². The second-order valence-corrected chi connectivity index (χ2v) is 5.02. The molecule has 0 heterocycles. The summed E-state index contributed by atoms with van der Waals surface area (Å²) >= 11 is 0. The van der Waals surface area contributed by atoms with Crippen LogP contribution in [0.2, 0.25) is 0 Å². The van der Waals surface area contributed by atoms with Gasteiger partial charge >= 0.3 is 5.69 Å². The standard InChI is InChI=1S/C16H16N4O4/c1-2-13(10-12-6-4-3-5-7-12)17-18-15-9-8-14(19(21)22)11-16(15)20(23)24/h3-9,11,18H,2,10H2,1H3/b17-13+. The second kappa shape index (κ2) is 7.82. The monoisotopic (exact) mass is 328 g/mol. The summed E-state index contributed by atoms with van der Waals surface area (Å²) in [6.07, 6.45) is 1.29. The van der Waals surface area contributed by atoms with E-state index in [1.807, 2.05) is 37.3 Å². The normalized spacial score (nSPS) is 11.1. The molecule has 0 spiro atoms. The van der Waals surface area contributed by atoms with Gasteiger partial charge in [-0.25, -0.2) is 0 Å². The van der Waals surface area contributed by atoms with Crippen LogP contribution in [0.5, 0.6) is 0 Å². The lowest BCUT2D eigenvalue weighted by atomic mass is 10.1. The van der Waals surface area contributed by atoms with Crippen molar-refractivity contribution in [3.8, 4) is 0 Å². The zero-order chi connectivity index (χ0) is 17.5. The Kier molecular flexibility index (Phi) is 5.56. The predicted octanol–water partition coefficient (Wildman–Crippen LogP) is 3.92.